The van der Waals surface area contributed by atoms with E-state index in [-0.39, 0.29) is 15.7 Å². The summed E-state index contributed by atoms with van der Waals surface area (Å²) in [6.07, 6.45) is 2.81. The number of nitrogens with zero attached hydrogens (tertiary/aromatic N) is 3. The van der Waals surface area contributed by atoms with Crippen LogP contribution in [0.2, 0.25) is 0 Å². The maximum Gasteiger partial charge on any atom is 0.264 e. The summed E-state index contributed by atoms with van der Waals surface area (Å²) in [6, 6.07) is 23.1. The Hall–Kier alpha value is -4.29. The van der Waals surface area contributed by atoms with Crippen LogP contribution in [-0.2, 0) is 24.8 Å². The first-order chi connectivity index (χ1) is 17.3. The molecule has 0 radical (unpaired) electrons. The van der Waals surface area contributed by atoms with E-state index in [1.807, 2.05) is 0 Å². The second-order valence-corrected chi connectivity index (χ2v) is 11.0. The lowest BCUT2D eigenvalue weighted by molar-refractivity contribution is -0.114. The summed E-state index contributed by atoms with van der Waals surface area (Å²) < 4.78 is 54.9. The number of sulfonamides is 2. The van der Waals surface area contributed by atoms with Crippen LogP contribution in [0.15, 0.2) is 113 Å². The van der Waals surface area contributed by atoms with Crippen molar-refractivity contribution in [1.82, 2.24) is 9.97 Å². The van der Waals surface area contributed by atoms with E-state index in [1.54, 1.807) is 54.6 Å². The van der Waals surface area contributed by atoms with Crippen molar-refractivity contribution in [1.29, 1.82) is 0 Å². The summed E-state index contributed by atoms with van der Waals surface area (Å²) in [4.78, 5) is 20.5. The van der Waals surface area contributed by atoms with Crippen LogP contribution >= 0.6 is 0 Å². The second-order valence-electron chi connectivity index (χ2n) is 7.41. The number of carbonyl (C=O) groups excluding carboxylic acids is 1. The van der Waals surface area contributed by atoms with E-state index in [0.717, 1.165) is 4.31 Å². The van der Waals surface area contributed by atoms with Crippen molar-refractivity contribution in [2.45, 2.75) is 9.79 Å². The van der Waals surface area contributed by atoms with Gasteiger partial charge in [-0.15, -0.1) is 0 Å². The number of benzene rings is 3. The maximum absolute atomic E-state index is 13.3. The van der Waals surface area contributed by atoms with Crippen LogP contribution < -0.4 is 14.3 Å². The Labute approximate surface area is 208 Å². The van der Waals surface area contributed by atoms with E-state index >= 15 is 0 Å². The van der Waals surface area contributed by atoms with E-state index in [2.05, 4.69) is 20.0 Å². The lowest BCUT2D eigenvalue weighted by Crippen LogP contribution is -2.38. The summed E-state index contributed by atoms with van der Waals surface area (Å²) >= 11 is 0. The van der Waals surface area contributed by atoms with E-state index in [9.17, 15) is 21.6 Å². The number of nitrogens with one attached hydrogen (secondary N) is 2. The lowest BCUT2D eigenvalue weighted by Gasteiger charge is -2.24. The monoisotopic (exact) mass is 523 g/mol. The average Bonchev–Trinajstić information content (AvgIpc) is 2.89. The highest BCUT2D eigenvalue weighted by Crippen LogP contribution is 2.23. The molecule has 3 aromatic carbocycles. The minimum Gasteiger partial charge on any atom is -0.325 e. The standard InChI is InChI=1S/C24H21N5O5S2/c30-23(18-29(20-8-3-1-4-9-20)36(33,34)22-10-5-2-6-11-22)27-19-12-14-21(15-13-19)35(31,32)28-24-25-16-7-17-26-24/h1-17H,18H2,(H,27,30)(H,25,26,28). The van der Waals surface area contributed by atoms with Crippen LogP contribution in [0.25, 0.3) is 0 Å². The number of anilines is 3. The largest absolute Gasteiger partial charge is 0.325 e. The van der Waals surface area contributed by atoms with Gasteiger partial charge in [0, 0.05) is 18.1 Å². The van der Waals surface area contributed by atoms with Crippen molar-refractivity contribution in [3.05, 3.63) is 103 Å². The molecule has 0 aliphatic carbocycles. The zero-order valence-electron chi connectivity index (χ0n) is 18.7. The fraction of sp³-hybridized carbons (Fsp3) is 0.0417. The van der Waals surface area contributed by atoms with Gasteiger partial charge in [-0.1, -0.05) is 36.4 Å². The Balaban J connectivity index is 1.51. The van der Waals surface area contributed by atoms with Gasteiger partial charge in [-0.3, -0.25) is 9.10 Å². The van der Waals surface area contributed by atoms with Crippen molar-refractivity contribution >= 4 is 43.3 Å². The number of rotatable bonds is 9. The zero-order valence-corrected chi connectivity index (χ0v) is 20.4. The molecule has 0 aliphatic rings. The van der Waals surface area contributed by atoms with Gasteiger partial charge in [0.1, 0.15) is 6.54 Å². The lowest BCUT2D eigenvalue weighted by atomic mass is 10.3. The molecule has 1 heterocycles. The molecule has 1 amide bonds. The molecule has 0 aliphatic heterocycles. The molecule has 0 atom stereocenters. The van der Waals surface area contributed by atoms with Crippen LogP contribution in [0.1, 0.15) is 0 Å². The normalized spacial score (nSPS) is 11.4. The Morgan fingerprint density at radius 2 is 1.31 bits per heavy atom. The number of hydrogen-bond acceptors (Lipinski definition) is 7. The highest BCUT2D eigenvalue weighted by molar-refractivity contribution is 7.93. The number of aromatic nitrogens is 2. The summed E-state index contributed by atoms with van der Waals surface area (Å²) in [5.74, 6) is -0.680. The molecule has 1 aromatic heterocycles. The molecular weight excluding hydrogens is 502 g/mol. The molecule has 0 spiro atoms. The third-order valence-corrected chi connectivity index (χ3v) is 8.03. The predicted molar refractivity (Wildman–Crippen MR) is 135 cm³/mol. The Kier molecular flexibility index (Phi) is 7.27. The third-order valence-electron chi connectivity index (χ3n) is 4.90. The molecule has 0 fully saturated rings. The summed E-state index contributed by atoms with van der Waals surface area (Å²) in [7, 11) is -7.96. The van der Waals surface area contributed by atoms with Crippen LogP contribution in [0.5, 0.6) is 0 Å². The fourth-order valence-electron chi connectivity index (χ4n) is 3.21. The Morgan fingerprint density at radius 1 is 0.722 bits per heavy atom. The van der Waals surface area contributed by atoms with Gasteiger partial charge in [-0.2, -0.15) is 0 Å². The predicted octanol–water partition coefficient (Wildman–Crippen LogP) is 3.11. The SMILES string of the molecule is O=C(CN(c1ccccc1)S(=O)(=O)c1ccccc1)Nc1ccc(S(=O)(=O)Nc2ncccn2)cc1. The third kappa shape index (κ3) is 5.85. The highest BCUT2D eigenvalue weighted by atomic mass is 32.2. The minimum atomic E-state index is -4.02. The van der Waals surface area contributed by atoms with Gasteiger partial charge in [-0.05, 0) is 54.6 Å². The molecule has 0 unspecified atom stereocenters. The zero-order chi connectivity index (χ0) is 25.6. The average molecular weight is 524 g/mol. The van der Waals surface area contributed by atoms with Crippen molar-refractivity contribution in [3.63, 3.8) is 0 Å². The topological polar surface area (TPSA) is 138 Å². The maximum atomic E-state index is 13.3. The van der Waals surface area contributed by atoms with Crippen LogP contribution in [0.3, 0.4) is 0 Å². The van der Waals surface area contributed by atoms with Crippen molar-refractivity contribution in [2.75, 3.05) is 20.9 Å². The molecule has 0 saturated carbocycles. The van der Waals surface area contributed by atoms with Gasteiger partial charge < -0.3 is 5.32 Å². The molecular formula is C24H21N5O5S2. The Bertz CT molecular complexity index is 1530. The minimum absolute atomic E-state index is 0.0473. The van der Waals surface area contributed by atoms with E-state index < -0.39 is 32.5 Å². The smallest absolute Gasteiger partial charge is 0.264 e. The van der Waals surface area contributed by atoms with Gasteiger partial charge >= 0.3 is 0 Å². The van der Waals surface area contributed by atoms with E-state index in [0.29, 0.717) is 11.4 Å². The molecule has 10 nitrogen and oxygen atoms in total. The van der Waals surface area contributed by atoms with Crippen LogP contribution in [-0.4, -0.2) is 39.3 Å². The first-order valence-corrected chi connectivity index (χ1v) is 13.5. The van der Waals surface area contributed by atoms with Crippen molar-refractivity contribution < 1.29 is 21.6 Å². The molecule has 36 heavy (non-hydrogen) atoms. The molecule has 2 N–H and O–H groups in total. The molecule has 4 rings (SSSR count). The number of carbonyl (C=O) groups is 1. The molecule has 0 bridgehead atoms. The number of amides is 1. The van der Waals surface area contributed by atoms with Gasteiger partial charge in [0.25, 0.3) is 20.0 Å². The molecule has 184 valence electrons. The highest BCUT2D eigenvalue weighted by Gasteiger charge is 2.27. The van der Waals surface area contributed by atoms with Crippen molar-refractivity contribution in [2.24, 2.45) is 0 Å². The first-order valence-electron chi connectivity index (χ1n) is 10.6. The van der Waals surface area contributed by atoms with Gasteiger partial charge in [0.2, 0.25) is 11.9 Å². The van der Waals surface area contributed by atoms with Crippen LogP contribution in [0, 0.1) is 0 Å². The Morgan fingerprint density at radius 3 is 1.92 bits per heavy atom. The van der Waals surface area contributed by atoms with E-state index in [4.69, 9.17) is 0 Å². The fourth-order valence-corrected chi connectivity index (χ4v) is 5.61. The molecule has 12 heteroatoms. The van der Waals surface area contributed by atoms with Gasteiger partial charge in [-0.25, -0.2) is 31.5 Å². The quantitative estimate of drug-likeness (QED) is 0.344. The molecule has 4 aromatic rings. The first kappa shape index (κ1) is 24.8. The van der Waals surface area contributed by atoms with Gasteiger partial charge in [0.15, 0.2) is 0 Å². The number of para-hydroxylation sites is 1. The summed E-state index contributed by atoms with van der Waals surface area (Å²) in [6.45, 7) is -0.492. The van der Waals surface area contributed by atoms with Crippen molar-refractivity contribution in [3.8, 4) is 0 Å². The summed E-state index contributed by atoms with van der Waals surface area (Å²) in [5, 5.41) is 2.61. The molecule has 0 saturated heterocycles. The number of hydrogen-bond donors (Lipinski definition) is 2. The van der Waals surface area contributed by atoms with Crippen LogP contribution in [0.4, 0.5) is 17.3 Å². The van der Waals surface area contributed by atoms with E-state index in [1.165, 1.54) is 48.8 Å². The summed E-state index contributed by atoms with van der Waals surface area (Å²) in [5.41, 5.74) is 0.618. The second kappa shape index (κ2) is 10.5. The van der Waals surface area contributed by atoms with Gasteiger partial charge in [0.05, 0.1) is 15.5 Å².